The van der Waals surface area contributed by atoms with Crippen LogP contribution in [0.15, 0.2) is 146 Å². The molecule has 6 rings (SSSR count). The fraction of sp³-hybridized carbons (Fsp3) is 0.174. The molecule has 0 saturated heterocycles. The van der Waals surface area contributed by atoms with Crippen molar-refractivity contribution in [1.82, 2.24) is 0 Å². The summed E-state index contributed by atoms with van der Waals surface area (Å²) >= 11 is 0. The second-order valence-electron chi connectivity index (χ2n) is 12.7. The van der Waals surface area contributed by atoms with Gasteiger partial charge in [-0.15, -0.1) is 6.58 Å². The molecule has 4 nitrogen and oxygen atoms in total. The maximum absolute atomic E-state index is 11.5. The van der Waals surface area contributed by atoms with Crippen LogP contribution >= 0.6 is 0 Å². The number of aromatic hydroxyl groups is 2. The number of aryl methyl sites for hydroxylation is 2. The minimum Gasteiger partial charge on any atom is -0.507 e. The van der Waals surface area contributed by atoms with Crippen molar-refractivity contribution in [2.45, 2.75) is 33.1 Å². The van der Waals surface area contributed by atoms with Crippen molar-refractivity contribution in [1.29, 1.82) is 0 Å². The molecule has 0 heterocycles. The van der Waals surface area contributed by atoms with E-state index in [1.807, 2.05) is 128 Å². The molecule has 0 bridgehead atoms. The summed E-state index contributed by atoms with van der Waals surface area (Å²) in [5.41, 5.74) is 8.87. The third-order valence-corrected chi connectivity index (χ3v) is 8.99. The van der Waals surface area contributed by atoms with Gasteiger partial charge in [-0.1, -0.05) is 134 Å². The predicted octanol–water partition coefficient (Wildman–Crippen LogP) is 11.7. The molecule has 0 aromatic heterocycles. The maximum atomic E-state index is 11.5. The summed E-state index contributed by atoms with van der Waals surface area (Å²) < 4.78 is 13.1. The van der Waals surface area contributed by atoms with Crippen LogP contribution in [0.5, 0.6) is 23.0 Å². The standard InChI is InChI=1S/C46H44O4/c1-4-14-33-25-27-44(42(29-33)40-23-13-21-38(46(40)48)36-18-10-7-11-19-36)50-31-34(15-5-2)30-49-43-26-24-32(3)28-41(43)39-22-12-20-37(45(39)47)35-16-8-6-9-17-35/h5-13,16-29,34,47-48H,2,4,14-15,30-31H2,1,3H3. The summed E-state index contributed by atoms with van der Waals surface area (Å²) in [6, 6.07) is 43.8. The normalized spacial score (nSPS) is 11.6. The quantitative estimate of drug-likeness (QED) is 0.114. The number of rotatable bonds is 14. The lowest BCUT2D eigenvalue weighted by Gasteiger charge is -2.21. The molecular formula is C46H44O4. The Morgan fingerprint density at radius 2 is 1.08 bits per heavy atom. The van der Waals surface area contributed by atoms with Gasteiger partial charge in [0.2, 0.25) is 0 Å². The second kappa shape index (κ2) is 16.1. The van der Waals surface area contributed by atoms with Crippen LogP contribution in [0.25, 0.3) is 44.5 Å². The molecule has 0 radical (unpaired) electrons. The molecule has 0 fully saturated rings. The molecule has 0 aliphatic rings. The van der Waals surface area contributed by atoms with Gasteiger partial charge in [-0.25, -0.2) is 0 Å². The van der Waals surface area contributed by atoms with Gasteiger partial charge in [0.1, 0.15) is 23.0 Å². The number of para-hydroxylation sites is 2. The highest BCUT2D eigenvalue weighted by molar-refractivity contribution is 5.85. The van der Waals surface area contributed by atoms with E-state index < -0.39 is 0 Å². The highest BCUT2D eigenvalue weighted by atomic mass is 16.5. The van der Waals surface area contributed by atoms with Crippen molar-refractivity contribution >= 4 is 0 Å². The minimum absolute atomic E-state index is 0.00155. The Bertz CT molecular complexity index is 2050. The number of phenolic OH excluding ortho intramolecular Hbond substituents is 2. The van der Waals surface area contributed by atoms with Crippen LogP contribution in [0, 0.1) is 12.8 Å². The van der Waals surface area contributed by atoms with Gasteiger partial charge in [0.25, 0.3) is 0 Å². The molecule has 252 valence electrons. The van der Waals surface area contributed by atoms with Crippen LogP contribution < -0.4 is 9.47 Å². The Hall–Kier alpha value is -5.74. The van der Waals surface area contributed by atoms with Crippen molar-refractivity contribution in [3.05, 3.63) is 157 Å². The van der Waals surface area contributed by atoms with Crippen molar-refractivity contribution in [2.24, 2.45) is 5.92 Å². The fourth-order valence-corrected chi connectivity index (χ4v) is 6.40. The molecule has 0 amide bonds. The lowest BCUT2D eigenvalue weighted by molar-refractivity contribution is 0.179. The number of hydrogen-bond acceptors (Lipinski definition) is 4. The molecule has 1 atom stereocenters. The molecule has 2 N–H and O–H groups in total. The third kappa shape index (κ3) is 7.76. The first-order chi connectivity index (χ1) is 24.5. The predicted molar refractivity (Wildman–Crippen MR) is 206 cm³/mol. The van der Waals surface area contributed by atoms with E-state index in [1.165, 1.54) is 5.56 Å². The lowest BCUT2D eigenvalue weighted by atomic mass is 9.95. The topological polar surface area (TPSA) is 58.9 Å². The molecular weight excluding hydrogens is 617 g/mol. The summed E-state index contributed by atoms with van der Waals surface area (Å²) in [6.45, 7) is 8.99. The number of hydrogen-bond donors (Lipinski definition) is 2. The van der Waals surface area contributed by atoms with Crippen LogP contribution in [0.2, 0.25) is 0 Å². The molecule has 0 saturated carbocycles. The van der Waals surface area contributed by atoms with Gasteiger partial charge in [-0.3, -0.25) is 0 Å². The Morgan fingerprint density at radius 1 is 0.580 bits per heavy atom. The zero-order chi connectivity index (χ0) is 34.9. The van der Waals surface area contributed by atoms with Gasteiger partial charge in [0.05, 0.1) is 13.2 Å². The summed E-state index contributed by atoms with van der Waals surface area (Å²) in [4.78, 5) is 0. The molecule has 0 aliphatic heterocycles. The van der Waals surface area contributed by atoms with Gasteiger partial charge >= 0.3 is 0 Å². The highest BCUT2D eigenvalue weighted by Gasteiger charge is 2.19. The summed E-state index contributed by atoms with van der Waals surface area (Å²) in [5, 5.41) is 23.0. The van der Waals surface area contributed by atoms with Gasteiger partial charge in [0.15, 0.2) is 0 Å². The van der Waals surface area contributed by atoms with Crippen LogP contribution in [-0.2, 0) is 6.42 Å². The van der Waals surface area contributed by atoms with E-state index in [1.54, 1.807) is 0 Å². The van der Waals surface area contributed by atoms with Gasteiger partial charge in [0, 0.05) is 39.3 Å². The van der Waals surface area contributed by atoms with E-state index in [-0.39, 0.29) is 17.4 Å². The SMILES string of the molecule is C=CCC(COc1ccc(C)cc1-c1cccc(-c2ccccc2)c1O)COc1ccc(CCC)cc1-c1cccc(-c2ccccc2)c1O. The third-order valence-electron chi connectivity index (χ3n) is 8.99. The summed E-state index contributed by atoms with van der Waals surface area (Å²) in [7, 11) is 0. The van der Waals surface area contributed by atoms with Crippen LogP contribution in [0.3, 0.4) is 0 Å². The van der Waals surface area contributed by atoms with Crippen molar-refractivity contribution < 1.29 is 19.7 Å². The van der Waals surface area contributed by atoms with Gasteiger partial charge < -0.3 is 19.7 Å². The van der Waals surface area contributed by atoms with E-state index in [0.29, 0.717) is 31.1 Å². The number of ether oxygens (including phenoxy) is 2. The van der Waals surface area contributed by atoms with E-state index in [9.17, 15) is 10.2 Å². The van der Waals surface area contributed by atoms with Crippen molar-refractivity contribution in [3.8, 4) is 67.5 Å². The number of allylic oxidation sites excluding steroid dienone is 1. The molecule has 6 aromatic rings. The maximum Gasteiger partial charge on any atom is 0.131 e. The zero-order valence-corrected chi connectivity index (χ0v) is 28.8. The van der Waals surface area contributed by atoms with Crippen molar-refractivity contribution in [2.75, 3.05) is 13.2 Å². The Balaban J connectivity index is 1.26. The van der Waals surface area contributed by atoms with Crippen LogP contribution in [0.1, 0.15) is 30.9 Å². The van der Waals surface area contributed by atoms with E-state index >= 15 is 0 Å². The van der Waals surface area contributed by atoms with Crippen LogP contribution in [-0.4, -0.2) is 23.4 Å². The largest absolute Gasteiger partial charge is 0.507 e. The number of phenols is 2. The Kier molecular flexibility index (Phi) is 11.0. The first kappa shape index (κ1) is 34.1. The average Bonchev–Trinajstić information content (AvgIpc) is 3.14. The van der Waals surface area contributed by atoms with E-state index in [0.717, 1.165) is 62.9 Å². The fourth-order valence-electron chi connectivity index (χ4n) is 6.40. The Morgan fingerprint density at radius 3 is 1.60 bits per heavy atom. The first-order valence-corrected chi connectivity index (χ1v) is 17.3. The minimum atomic E-state index is -0.00155. The smallest absolute Gasteiger partial charge is 0.131 e. The molecule has 0 spiro atoms. The zero-order valence-electron chi connectivity index (χ0n) is 28.8. The highest BCUT2D eigenvalue weighted by Crippen LogP contribution is 2.43. The molecule has 4 heteroatoms. The molecule has 6 aromatic carbocycles. The summed E-state index contributed by atoms with van der Waals surface area (Å²) in [5.74, 6) is 1.85. The second-order valence-corrected chi connectivity index (χ2v) is 12.7. The van der Waals surface area contributed by atoms with Gasteiger partial charge in [-0.2, -0.15) is 0 Å². The molecule has 0 aliphatic carbocycles. The molecule has 50 heavy (non-hydrogen) atoms. The average molecular weight is 661 g/mol. The van der Waals surface area contributed by atoms with Crippen molar-refractivity contribution in [3.63, 3.8) is 0 Å². The summed E-state index contributed by atoms with van der Waals surface area (Å²) in [6.07, 6.45) is 4.53. The van der Waals surface area contributed by atoms with E-state index in [2.05, 4.69) is 31.7 Å². The van der Waals surface area contributed by atoms with E-state index in [4.69, 9.17) is 9.47 Å². The van der Waals surface area contributed by atoms with Gasteiger partial charge in [-0.05, 0) is 60.7 Å². The number of benzene rings is 6. The Labute approximate surface area is 295 Å². The monoisotopic (exact) mass is 660 g/mol. The van der Waals surface area contributed by atoms with Crippen LogP contribution in [0.4, 0.5) is 0 Å². The molecule has 1 unspecified atom stereocenters. The lowest BCUT2D eigenvalue weighted by Crippen LogP contribution is -2.20. The first-order valence-electron chi connectivity index (χ1n) is 17.3.